The van der Waals surface area contributed by atoms with Crippen molar-refractivity contribution in [2.24, 2.45) is 0 Å². The Kier molecular flexibility index (Phi) is 4.99. The van der Waals surface area contributed by atoms with Crippen LogP contribution in [-0.4, -0.2) is 58.2 Å². The molecule has 0 saturated carbocycles. The van der Waals surface area contributed by atoms with E-state index in [0.29, 0.717) is 18.0 Å². The fourth-order valence-corrected chi connectivity index (χ4v) is 2.31. The van der Waals surface area contributed by atoms with Gasteiger partial charge in [-0.25, -0.2) is 0 Å². The molecule has 1 aromatic heterocycles. The average Bonchev–Trinajstić information content (AvgIpc) is 2.37. The average molecular weight is 300 g/mol. The number of halogens is 1. The predicted molar refractivity (Wildman–Crippen MR) is 79.5 cm³/mol. The van der Waals surface area contributed by atoms with Gasteiger partial charge in [0, 0.05) is 32.2 Å². The van der Waals surface area contributed by atoms with E-state index in [-0.39, 0.29) is 11.4 Å². The van der Waals surface area contributed by atoms with Gasteiger partial charge < -0.3 is 9.64 Å². The Hall–Kier alpha value is -1.14. The van der Waals surface area contributed by atoms with Crippen molar-refractivity contribution < 1.29 is 4.74 Å². The van der Waals surface area contributed by atoms with Gasteiger partial charge in [-0.05, 0) is 39.3 Å². The number of nitrogens with zero attached hydrogens (tertiary/aromatic N) is 5. The van der Waals surface area contributed by atoms with Gasteiger partial charge in [0.1, 0.15) is 0 Å². The molecule has 7 heteroatoms. The molecule has 0 aromatic carbocycles. The molecule has 0 spiro atoms. The molecule has 0 N–H and O–H groups in total. The van der Waals surface area contributed by atoms with Crippen molar-refractivity contribution >= 4 is 17.5 Å². The summed E-state index contributed by atoms with van der Waals surface area (Å²) in [7, 11) is 0. The van der Waals surface area contributed by atoms with Gasteiger partial charge in [0.15, 0.2) is 0 Å². The minimum atomic E-state index is 0.0131. The van der Waals surface area contributed by atoms with Crippen LogP contribution in [0.1, 0.15) is 27.7 Å². The van der Waals surface area contributed by atoms with Gasteiger partial charge in [0.2, 0.25) is 11.2 Å². The van der Waals surface area contributed by atoms with Crippen LogP contribution in [0.25, 0.3) is 0 Å². The Bertz CT molecular complexity index is 446. The standard InChI is InChI=1S/C13H22ClN5O/c1-9(2)18-5-7-19(8-6-18)12-15-11(14)16-13(17-12)20-10(3)4/h9-10H,5-8H2,1-4H3. The summed E-state index contributed by atoms with van der Waals surface area (Å²) < 4.78 is 5.50. The maximum absolute atomic E-state index is 5.95. The molecule has 6 nitrogen and oxygen atoms in total. The third kappa shape index (κ3) is 3.93. The van der Waals surface area contributed by atoms with Gasteiger partial charge in [-0.3, -0.25) is 4.90 Å². The van der Waals surface area contributed by atoms with E-state index in [1.807, 2.05) is 13.8 Å². The van der Waals surface area contributed by atoms with Crippen LogP contribution in [0.5, 0.6) is 6.01 Å². The molecule has 1 aliphatic rings. The molecule has 0 atom stereocenters. The number of anilines is 1. The molecule has 0 amide bonds. The Morgan fingerprint density at radius 2 is 1.65 bits per heavy atom. The molecule has 2 heterocycles. The van der Waals surface area contributed by atoms with Crippen LogP contribution in [0.2, 0.25) is 5.28 Å². The second-order valence-corrected chi connectivity index (χ2v) is 5.81. The summed E-state index contributed by atoms with van der Waals surface area (Å²) >= 11 is 5.95. The summed E-state index contributed by atoms with van der Waals surface area (Å²) in [5.74, 6) is 0.601. The quantitative estimate of drug-likeness (QED) is 0.845. The van der Waals surface area contributed by atoms with Crippen LogP contribution in [0.4, 0.5) is 5.95 Å². The highest BCUT2D eigenvalue weighted by Crippen LogP contribution is 2.18. The Balaban J connectivity index is 2.07. The van der Waals surface area contributed by atoms with Crippen LogP contribution >= 0.6 is 11.6 Å². The van der Waals surface area contributed by atoms with Crippen LogP contribution in [0.3, 0.4) is 0 Å². The number of ether oxygens (including phenoxy) is 1. The Morgan fingerprint density at radius 1 is 1.00 bits per heavy atom. The summed E-state index contributed by atoms with van der Waals surface area (Å²) in [6.07, 6.45) is 0.0131. The molecule has 0 bridgehead atoms. The number of aromatic nitrogens is 3. The smallest absolute Gasteiger partial charge is 0.322 e. The predicted octanol–water partition coefficient (Wildman–Crippen LogP) is 1.84. The maximum atomic E-state index is 5.95. The first-order valence-corrected chi connectivity index (χ1v) is 7.40. The summed E-state index contributed by atoms with van der Waals surface area (Å²) in [4.78, 5) is 17.1. The van der Waals surface area contributed by atoms with Gasteiger partial charge in [-0.2, -0.15) is 15.0 Å². The molecular formula is C13H22ClN5O. The van der Waals surface area contributed by atoms with Crippen molar-refractivity contribution in [3.63, 3.8) is 0 Å². The number of hydrogen-bond donors (Lipinski definition) is 0. The van der Waals surface area contributed by atoms with Crippen LogP contribution in [0.15, 0.2) is 0 Å². The Labute approximate surface area is 125 Å². The van der Waals surface area contributed by atoms with E-state index in [2.05, 4.69) is 38.6 Å². The van der Waals surface area contributed by atoms with E-state index in [1.54, 1.807) is 0 Å². The van der Waals surface area contributed by atoms with E-state index in [0.717, 1.165) is 26.2 Å². The topological polar surface area (TPSA) is 54.4 Å². The van der Waals surface area contributed by atoms with Crippen molar-refractivity contribution in [3.8, 4) is 6.01 Å². The third-order valence-corrected chi connectivity index (χ3v) is 3.41. The highest BCUT2D eigenvalue weighted by atomic mass is 35.5. The summed E-state index contributed by atoms with van der Waals surface area (Å²) in [5.41, 5.74) is 0. The minimum absolute atomic E-state index is 0.0131. The van der Waals surface area contributed by atoms with Crippen molar-refractivity contribution in [1.82, 2.24) is 19.9 Å². The first-order valence-electron chi connectivity index (χ1n) is 7.03. The molecule has 20 heavy (non-hydrogen) atoms. The van der Waals surface area contributed by atoms with E-state index in [9.17, 15) is 0 Å². The molecule has 112 valence electrons. The van der Waals surface area contributed by atoms with Crippen molar-refractivity contribution in [2.75, 3.05) is 31.1 Å². The Morgan fingerprint density at radius 3 is 2.20 bits per heavy atom. The SMILES string of the molecule is CC(C)Oc1nc(Cl)nc(N2CCN(C(C)C)CC2)n1. The fourth-order valence-electron chi connectivity index (χ4n) is 2.17. The first-order chi connectivity index (χ1) is 9.45. The lowest BCUT2D eigenvalue weighted by molar-refractivity contribution is 0.206. The van der Waals surface area contributed by atoms with Crippen molar-refractivity contribution in [1.29, 1.82) is 0 Å². The first kappa shape index (κ1) is 15.3. The molecule has 0 radical (unpaired) electrons. The monoisotopic (exact) mass is 299 g/mol. The lowest BCUT2D eigenvalue weighted by atomic mass is 10.2. The molecule has 1 aliphatic heterocycles. The second-order valence-electron chi connectivity index (χ2n) is 5.47. The number of hydrogen-bond acceptors (Lipinski definition) is 6. The molecule has 1 saturated heterocycles. The largest absolute Gasteiger partial charge is 0.461 e. The zero-order valence-electron chi connectivity index (χ0n) is 12.5. The normalized spacial score (nSPS) is 17.1. The maximum Gasteiger partial charge on any atom is 0.322 e. The lowest BCUT2D eigenvalue weighted by Crippen LogP contribution is -2.49. The van der Waals surface area contributed by atoms with Gasteiger partial charge in [-0.1, -0.05) is 0 Å². The van der Waals surface area contributed by atoms with E-state index in [1.165, 1.54) is 0 Å². The molecule has 0 aliphatic carbocycles. The molecular weight excluding hydrogens is 278 g/mol. The van der Waals surface area contributed by atoms with Gasteiger partial charge in [-0.15, -0.1) is 0 Å². The molecule has 2 rings (SSSR count). The number of rotatable bonds is 4. The summed E-state index contributed by atoms with van der Waals surface area (Å²) in [5, 5.41) is 0.178. The van der Waals surface area contributed by atoms with Crippen LogP contribution in [0, 0.1) is 0 Å². The number of piperazine rings is 1. The van der Waals surface area contributed by atoms with E-state index < -0.39 is 0 Å². The van der Waals surface area contributed by atoms with Gasteiger partial charge in [0.05, 0.1) is 6.10 Å². The van der Waals surface area contributed by atoms with Crippen LogP contribution in [-0.2, 0) is 0 Å². The molecule has 1 fully saturated rings. The van der Waals surface area contributed by atoms with E-state index >= 15 is 0 Å². The lowest BCUT2D eigenvalue weighted by Gasteiger charge is -2.36. The van der Waals surface area contributed by atoms with Crippen molar-refractivity contribution in [2.45, 2.75) is 39.8 Å². The third-order valence-electron chi connectivity index (χ3n) is 3.24. The highest BCUT2D eigenvalue weighted by molar-refractivity contribution is 6.28. The highest BCUT2D eigenvalue weighted by Gasteiger charge is 2.21. The second kappa shape index (κ2) is 6.54. The zero-order valence-corrected chi connectivity index (χ0v) is 13.3. The minimum Gasteiger partial charge on any atom is -0.461 e. The fraction of sp³-hybridized carbons (Fsp3) is 0.769. The van der Waals surface area contributed by atoms with E-state index in [4.69, 9.17) is 16.3 Å². The summed E-state index contributed by atoms with van der Waals surface area (Å²) in [6.45, 7) is 12.1. The summed E-state index contributed by atoms with van der Waals surface area (Å²) in [6, 6.07) is 0.861. The van der Waals surface area contributed by atoms with Crippen molar-refractivity contribution in [3.05, 3.63) is 5.28 Å². The van der Waals surface area contributed by atoms with Gasteiger partial charge >= 0.3 is 6.01 Å². The van der Waals surface area contributed by atoms with Crippen LogP contribution < -0.4 is 9.64 Å². The zero-order chi connectivity index (χ0) is 14.7. The molecule has 0 unspecified atom stereocenters. The molecule has 1 aromatic rings. The van der Waals surface area contributed by atoms with Gasteiger partial charge in [0.25, 0.3) is 0 Å².